The van der Waals surface area contributed by atoms with Crippen LogP contribution in [0.2, 0.25) is 5.02 Å². The number of halogens is 1. The molecule has 5 heteroatoms. The lowest BCUT2D eigenvalue weighted by Gasteiger charge is -2.16. The maximum Gasteiger partial charge on any atom is 0.144 e. The fourth-order valence-electron chi connectivity index (χ4n) is 1.58. The van der Waals surface area contributed by atoms with Crippen molar-refractivity contribution < 1.29 is 14.9 Å². The van der Waals surface area contributed by atoms with Crippen LogP contribution in [0, 0.1) is 6.92 Å². The number of ether oxygens (including phenoxy) is 1. The number of aliphatic hydroxyl groups excluding tert-OH is 1. The van der Waals surface area contributed by atoms with Gasteiger partial charge in [-0.3, -0.25) is 0 Å². The largest absolute Gasteiger partial charge is 0.507 e. The van der Waals surface area contributed by atoms with Gasteiger partial charge >= 0.3 is 0 Å². The second kappa shape index (κ2) is 5.39. The third kappa shape index (κ3) is 2.40. The summed E-state index contributed by atoms with van der Waals surface area (Å²) in [6.45, 7) is 2.03. The van der Waals surface area contributed by atoms with Gasteiger partial charge in [0.2, 0.25) is 0 Å². The number of benzene rings is 1. The number of aliphatic hydroxyl groups is 1. The van der Waals surface area contributed by atoms with Gasteiger partial charge in [-0.1, -0.05) is 11.6 Å². The standard InChI is InChI=1S/C11H16ClNO3/c1-6-10(15)7(9(14)5-13-2)4-8(12)11(6)16-3/h4,9,13-15H,5H2,1-3H3. The molecule has 0 aromatic heterocycles. The van der Waals surface area contributed by atoms with Crippen molar-refractivity contribution >= 4 is 11.6 Å². The van der Waals surface area contributed by atoms with Crippen LogP contribution < -0.4 is 10.1 Å². The number of phenols is 1. The smallest absolute Gasteiger partial charge is 0.144 e. The van der Waals surface area contributed by atoms with Crippen LogP contribution in [0.1, 0.15) is 17.2 Å². The molecule has 1 atom stereocenters. The summed E-state index contributed by atoms with van der Waals surface area (Å²) in [6.07, 6.45) is -0.799. The normalized spacial score (nSPS) is 12.6. The summed E-state index contributed by atoms with van der Waals surface area (Å²) >= 11 is 5.98. The van der Waals surface area contributed by atoms with Crippen molar-refractivity contribution in [3.05, 3.63) is 22.2 Å². The van der Waals surface area contributed by atoms with Gasteiger partial charge in [-0.05, 0) is 20.0 Å². The molecule has 1 rings (SSSR count). The second-order valence-corrected chi connectivity index (χ2v) is 3.94. The molecule has 0 fully saturated rings. The summed E-state index contributed by atoms with van der Waals surface area (Å²) in [5.74, 6) is 0.448. The van der Waals surface area contributed by atoms with Crippen molar-refractivity contribution in [3.8, 4) is 11.5 Å². The Labute approximate surface area is 99.8 Å². The van der Waals surface area contributed by atoms with E-state index in [1.54, 1.807) is 14.0 Å². The number of phenolic OH excluding ortho intramolecular Hbond substituents is 1. The van der Waals surface area contributed by atoms with E-state index >= 15 is 0 Å². The van der Waals surface area contributed by atoms with Gasteiger partial charge in [-0.25, -0.2) is 0 Å². The highest BCUT2D eigenvalue weighted by atomic mass is 35.5. The summed E-state index contributed by atoms with van der Waals surface area (Å²) in [5.41, 5.74) is 0.929. The van der Waals surface area contributed by atoms with Gasteiger partial charge in [0.25, 0.3) is 0 Å². The van der Waals surface area contributed by atoms with E-state index in [0.717, 1.165) is 0 Å². The third-order valence-electron chi connectivity index (χ3n) is 2.43. The van der Waals surface area contributed by atoms with Crippen molar-refractivity contribution in [1.82, 2.24) is 5.32 Å². The van der Waals surface area contributed by atoms with E-state index in [1.807, 2.05) is 0 Å². The van der Waals surface area contributed by atoms with Crippen molar-refractivity contribution in [2.75, 3.05) is 20.7 Å². The summed E-state index contributed by atoms with van der Waals surface area (Å²) in [4.78, 5) is 0. The molecule has 0 spiro atoms. The topological polar surface area (TPSA) is 61.7 Å². The molecule has 0 aliphatic rings. The first-order valence-corrected chi connectivity index (χ1v) is 5.29. The average Bonchev–Trinajstić information content (AvgIpc) is 2.24. The molecule has 0 heterocycles. The van der Waals surface area contributed by atoms with E-state index in [1.165, 1.54) is 13.2 Å². The van der Waals surface area contributed by atoms with Crippen LogP contribution in [0.5, 0.6) is 11.5 Å². The molecular weight excluding hydrogens is 230 g/mol. The number of nitrogens with one attached hydrogen (secondary N) is 1. The Hall–Kier alpha value is -0.970. The van der Waals surface area contributed by atoms with Crippen molar-refractivity contribution in [2.24, 2.45) is 0 Å². The maximum atomic E-state index is 9.90. The van der Waals surface area contributed by atoms with E-state index < -0.39 is 6.10 Å². The summed E-state index contributed by atoms with van der Waals surface area (Å²) < 4.78 is 5.06. The van der Waals surface area contributed by atoms with E-state index in [2.05, 4.69) is 5.32 Å². The summed E-state index contributed by atoms with van der Waals surface area (Å²) in [6, 6.07) is 1.52. The van der Waals surface area contributed by atoms with E-state index in [-0.39, 0.29) is 5.75 Å². The van der Waals surface area contributed by atoms with E-state index in [0.29, 0.717) is 28.4 Å². The first kappa shape index (κ1) is 13.1. The zero-order valence-corrected chi connectivity index (χ0v) is 10.3. The molecule has 0 saturated heterocycles. The zero-order valence-electron chi connectivity index (χ0n) is 9.54. The molecular formula is C11H16ClNO3. The Morgan fingerprint density at radius 3 is 2.69 bits per heavy atom. The highest BCUT2D eigenvalue weighted by molar-refractivity contribution is 6.32. The lowest BCUT2D eigenvalue weighted by Crippen LogP contribution is -2.17. The Balaban J connectivity index is 3.22. The monoisotopic (exact) mass is 245 g/mol. The number of methoxy groups -OCH3 is 1. The number of aromatic hydroxyl groups is 1. The van der Waals surface area contributed by atoms with Crippen LogP contribution in [0.15, 0.2) is 6.07 Å². The van der Waals surface area contributed by atoms with E-state index in [4.69, 9.17) is 16.3 Å². The summed E-state index contributed by atoms with van der Waals surface area (Å²) in [7, 11) is 3.20. The minimum absolute atomic E-state index is 0.0176. The maximum absolute atomic E-state index is 9.90. The number of hydrogen-bond donors (Lipinski definition) is 3. The predicted molar refractivity (Wildman–Crippen MR) is 63.3 cm³/mol. The van der Waals surface area contributed by atoms with E-state index in [9.17, 15) is 10.2 Å². The van der Waals surface area contributed by atoms with Gasteiger partial charge in [0.15, 0.2) is 0 Å². The van der Waals surface area contributed by atoms with Gasteiger partial charge in [0.1, 0.15) is 11.5 Å². The highest BCUT2D eigenvalue weighted by Crippen LogP contribution is 2.39. The molecule has 3 N–H and O–H groups in total. The Kier molecular flexibility index (Phi) is 4.41. The predicted octanol–water partition coefficient (Wildman–Crippen LogP) is 1.62. The quantitative estimate of drug-likeness (QED) is 0.754. The van der Waals surface area contributed by atoms with Crippen LogP contribution in [-0.4, -0.2) is 30.9 Å². The molecule has 4 nitrogen and oxygen atoms in total. The average molecular weight is 246 g/mol. The highest BCUT2D eigenvalue weighted by Gasteiger charge is 2.18. The molecule has 16 heavy (non-hydrogen) atoms. The minimum Gasteiger partial charge on any atom is -0.507 e. The molecule has 0 saturated carbocycles. The molecule has 1 aromatic rings. The van der Waals surface area contributed by atoms with Crippen molar-refractivity contribution in [1.29, 1.82) is 0 Å². The SMILES string of the molecule is CNCC(O)c1cc(Cl)c(OC)c(C)c1O. The molecule has 0 radical (unpaired) electrons. The van der Waals surface area contributed by atoms with Gasteiger partial charge in [0.05, 0.1) is 18.2 Å². The van der Waals surface area contributed by atoms with Crippen molar-refractivity contribution in [2.45, 2.75) is 13.0 Å². The number of rotatable bonds is 4. The molecule has 1 aromatic carbocycles. The first-order valence-electron chi connectivity index (χ1n) is 4.91. The van der Waals surface area contributed by atoms with Gasteiger partial charge in [-0.15, -0.1) is 0 Å². The molecule has 0 amide bonds. The van der Waals surface area contributed by atoms with Crippen LogP contribution in [0.25, 0.3) is 0 Å². The molecule has 0 bridgehead atoms. The fourth-order valence-corrected chi connectivity index (χ4v) is 1.92. The Morgan fingerprint density at radius 1 is 1.56 bits per heavy atom. The van der Waals surface area contributed by atoms with Crippen LogP contribution in [0.3, 0.4) is 0 Å². The lowest BCUT2D eigenvalue weighted by molar-refractivity contribution is 0.173. The van der Waals surface area contributed by atoms with Crippen LogP contribution in [0.4, 0.5) is 0 Å². The first-order chi connectivity index (χ1) is 7.52. The number of hydrogen-bond acceptors (Lipinski definition) is 4. The van der Waals surface area contributed by atoms with Crippen LogP contribution >= 0.6 is 11.6 Å². The van der Waals surface area contributed by atoms with Gasteiger partial charge < -0.3 is 20.3 Å². The van der Waals surface area contributed by atoms with Crippen molar-refractivity contribution in [3.63, 3.8) is 0 Å². The molecule has 90 valence electrons. The number of likely N-dealkylation sites (N-methyl/N-ethyl adjacent to an activating group) is 1. The minimum atomic E-state index is -0.799. The Morgan fingerprint density at radius 2 is 2.19 bits per heavy atom. The fraction of sp³-hybridized carbons (Fsp3) is 0.455. The zero-order chi connectivity index (χ0) is 12.3. The molecule has 0 aliphatic carbocycles. The summed E-state index contributed by atoms with van der Waals surface area (Å²) in [5, 5.41) is 22.9. The molecule has 1 unspecified atom stereocenters. The molecule has 0 aliphatic heterocycles. The van der Waals surface area contributed by atoms with Crippen LogP contribution in [-0.2, 0) is 0 Å². The Bertz CT molecular complexity index is 382. The van der Waals surface area contributed by atoms with Gasteiger partial charge in [0, 0.05) is 17.7 Å². The third-order valence-corrected chi connectivity index (χ3v) is 2.71. The van der Waals surface area contributed by atoms with Gasteiger partial charge in [-0.2, -0.15) is 0 Å². The second-order valence-electron chi connectivity index (χ2n) is 3.53. The lowest BCUT2D eigenvalue weighted by atomic mass is 10.0.